The van der Waals surface area contributed by atoms with Crippen molar-refractivity contribution in [1.82, 2.24) is 19.9 Å². The Balaban J connectivity index is 1.24. The summed E-state index contributed by atoms with van der Waals surface area (Å²) in [6.07, 6.45) is 5.64. The molecule has 2 aliphatic heterocycles. The minimum Gasteiger partial charge on any atom is -0.490 e. The van der Waals surface area contributed by atoms with Crippen molar-refractivity contribution in [2.24, 2.45) is 0 Å². The van der Waals surface area contributed by atoms with Crippen LogP contribution in [0.4, 0.5) is 4.39 Å². The first-order valence-electron chi connectivity index (χ1n) is 11.6. The van der Waals surface area contributed by atoms with Crippen LogP contribution < -0.4 is 10.3 Å². The van der Waals surface area contributed by atoms with E-state index >= 15 is 0 Å². The maximum absolute atomic E-state index is 13.8. The molecule has 3 unspecified atom stereocenters. The number of piperidine rings is 1. The summed E-state index contributed by atoms with van der Waals surface area (Å²) in [6, 6.07) is 12.2. The number of hydrogen-bond donors (Lipinski definition) is 1. The first kappa shape index (κ1) is 21.5. The number of ether oxygens (including phenoxy) is 1. The number of aromatic amines is 1. The van der Waals surface area contributed by atoms with Crippen LogP contribution in [0.2, 0.25) is 5.02 Å². The molecule has 34 heavy (non-hydrogen) atoms. The SMILES string of the molecule is CC(c1nc2ccc(Cl)cc2c(=O)[nH]1)N1C2CCC1CC(Oc1ccnc3ccc(F)cc13)C2. The molecule has 0 radical (unpaired) electrons. The summed E-state index contributed by atoms with van der Waals surface area (Å²) >= 11 is 6.05. The molecule has 0 spiro atoms. The van der Waals surface area contributed by atoms with Crippen molar-refractivity contribution in [3.05, 3.63) is 75.7 Å². The highest BCUT2D eigenvalue weighted by Gasteiger charge is 2.44. The number of nitrogens with one attached hydrogen (secondary N) is 1. The van der Waals surface area contributed by atoms with Gasteiger partial charge in [0, 0.05) is 28.7 Å². The van der Waals surface area contributed by atoms with Gasteiger partial charge < -0.3 is 9.72 Å². The first-order chi connectivity index (χ1) is 16.5. The summed E-state index contributed by atoms with van der Waals surface area (Å²) in [4.78, 5) is 27.2. The fourth-order valence-electron chi connectivity index (χ4n) is 5.74. The van der Waals surface area contributed by atoms with Crippen LogP contribution in [0.3, 0.4) is 0 Å². The highest BCUT2D eigenvalue weighted by atomic mass is 35.5. The zero-order valence-electron chi connectivity index (χ0n) is 18.7. The number of benzene rings is 2. The highest BCUT2D eigenvalue weighted by molar-refractivity contribution is 6.31. The largest absolute Gasteiger partial charge is 0.490 e. The Morgan fingerprint density at radius 2 is 1.85 bits per heavy atom. The predicted octanol–water partition coefficient (Wildman–Crippen LogP) is 5.40. The third-order valence-electron chi connectivity index (χ3n) is 7.23. The van der Waals surface area contributed by atoms with Gasteiger partial charge in [-0.3, -0.25) is 14.7 Å². The zero-order chi connectivity index (χ0) is 23.4. The third kappa shape index (κ3) is 3.73. The number of fused-ring (bicyclic) bond motifs is 4. The van der Waals surface area contributed by atoms with Crippen molar-refractivity contribution in [2.75, 3.05) is 0 Å². The van der Waals surface area contributed by atoms with Gasteiger partial charge in [-0.25, -0.2) is 9.37 Å². The van der Waals surface area contributed by atoms with E-state index in [9.17, 15) is 9.18 Å². The van der Waals surface area contributed by atoms with Gasteiger partial charge in [-0.05, 0) is 75.1 Å². The van der Waals surface area contributed by atoms with Gasteiger partial charge in [0.1, 0.15) is 23.5 Å². The molecule has 4 aromatic rings. The summed E-state index contributed by atoms with van der Waals surface area (Å²) in [6.45, 7) is 2.10. The molecule has 174 valence electrons. The van der Waals surface area contributed by atoms with Gasteiger partial charge in [0.05, 0.1) is 22.5 Å². The molecule has 4 heterocycles. The number of rotatable bonds is 4. The van der Waals surface area contributed by atoms with E-state index in [1.807, 2.05) is 6.07 Å². The second-order valence-corrected chi connectivity index (χ2v) is 9.74. The van der Waals surface area contributed by atoms with Crippen LogP contribution in [0, 0.1) is 5.82 Å². The van der Waals surface area contributed by atoms with Gasteiger partial charge in [0.2, 0.25) is 0 Å². The van der Waals surface area contributed by atoms with Crippen molar-refractivity contribution in [2.45, 2.75) is 56.8 Å². The van der Waals surface area contributed by atoms with Crippen LogP contribution in [0.5, 0.6) is 5.75 Å². The molecule has 2 aromatic carbocycles. The predicted molar refractivity (Wildman–Crippen MR) is 130 cm³/mol. The van der Waals surface area contributed by atoms with Crippen molar-refractivity contribution < 1.29 is 9.13 Å². The molecule has 0 amide bonds. The highest BCUT2D eigenvalue weighted by Crippen LogP contribution is 2.42. The second kappa shape index (κ2) is 8.32. The second-order valence-electron chi connectivity index (χ2n) is 9.30. The minimum absolute atomic E-state index is 0.0259. The number of hydrogen-bond acceptors (Lipinski definition) is 5. The average Bonchev–Trinajstić information content (AvgIpc) is 3.09. The van der Waals surface area contributed by atoms with Crippen molar-refractivity contribution in [3.63, 3.8) is 0 Å². The van der Waals surface area contributed by atoms with Crippen LogP contribution in [0.15, 0.2) is 53.5 Å². The summed E-state index contributed by atoms with van der Waals surface area (Å²) in [7, 11) is 0. The Kier molecular flexibility index (Phi) is 5.26. The summed E-state index contributed by atoms with van der Waals surface area (Å²) < 4.78 is 20.3. The molecular formula is C26H24ClFN4O2. The summed E-state index contributed by atoms with van der Waals surface area (Å²) in [5.41, 5.74) is 1.20. The molecule has 2 saturated heterocycles. The molecule has 2 aliphatic rings. The van der Waals surface area contributed by atoms with E-state index in [1.165, 1.54) is 12.1 Å². The monoisotopic (exact) mass is 478 g/mol. The quantitative estimate of drug-likeness (QED) is 0.425. The van der Waals surface area contributed by atoms with E-state index < -0.39 is 0 Å². The van der Waals surface area contributed by atoms with Crippen LogP contribution in [-0.2, 0) is 0 Å². The lowest BCUT2D eigenvalue weighted by Gasteiger charge is -2.42. The van der Waals surface area contributed by atoms with Crippen molar-refractivity contribution in [3.8, 4) is 5.75 Å². The number of aromatic nitrogens is 3. The van der Waals surface area contributed by atoms with Gasteiger partial charge in [-0.1, -0.05) is 11.6 Å². The van der Waals surface area contributed by atoms with Crippen LogP contribution in [0.25, 0.3) is 21.8 Å². The Labute approximate surface area is 200 Å². The van der Waals surface area contributed by atoms with Gasteiger partial charge in [0.15, 0.2) is 0 Å². The molecule has 6 rings (SSSR count). The van der Waals surface area contributed by atoms with E-state index in [2.05, 4.69) is 21.8 Å². The van der Waals surface area contributed by atoms with Crippen LogP contribution in [-0.4, -0.2) is 38.0 Å². The number of halogens is 2. The number of nitrogens with zero attached hydrogens (tertiary/aromatic N) is 3. The Hall–Kier alpha value is -3.03. The van der Waals surface area contributed by atoms with Gasteiger partial charge in [-0.15, -0.1) is 0 Å². The van der Waals surface area contributed by atoms with Crippen molar-refractivity contribution in [1.29, 1.82) is 0 Å². The standard InChI is InChI=1S/C26H24ClFN4O2/c1-14(25-30-23-6-2-15(27)10-21(23)26(33)31-25)32-17-4-5-18(32)13-19(12-17)34-24-8-9-29-22-7-3-16(28)11-20(22)24/h2-3,6-11,14,17-19H,4-5,12-13H2,1H3,(H,30,31,33). The fraction of sp³-hybridized carbons (Fsp3) is 0.346. The zero-order valence-corrected chi connectivity index (χ0v) is 19.4. The number of pyridine rings is 1. The molecule has 6 nitrogen and oxygen atoms in total. The smallest absolute Gasteiger partial charge is 0.258 e. The number of H-pyrrole nitrogens is 1. The average molecular weight is 479 g/mol. The molecule has 0 aliphatic carbocycles. The molecule has 2 fully saturated rings. The van der Waals surface area contributed by atoms with Gasteiger partial charge >= 0.3 is 0 Å². The Morgan fingerprint density at radius 3 is 2.65 bits per heavy atom. The van der Waals surface area contributed by atoms with Gasteiger partial charge in [0.25, 0.3) is 5.56 Å². The van der Waals surface area contributed by atoms with Gasteiger partial charge in [-0.2, -0.15) is 0 Å². The maximum Gasteiger partial charge on any atom is 0.258 e. The first-order valence-corrected chi connectivity index (χ1v) is 12.0. The lowest BCUT2D eigenvalue weighted by molar-refractivity contribution is 0.0238. The molecule has 8 heteroatoms. The van der Waals surface area contributed by atoms with E-state index in [0.29, 0.717) is 45.0 Å². The third-order valence-corrected chi connectivity index (χ3v) is 7.47. The fourth-order valence-corrected chi connectivity index (χ4v) is 5.91. The van der Waals surface area contributed by atoms with E-state index in [4.69, 9.17) is 21.3 Å². The van der Waals surface area contributed by atoms with Crippen molar-refractivity contribution >= 4 is 33.4 Å². The molecule has 1 N–H and O–H groups in total. The summed E-state index contributed by atoms with van der Waals surface area (Å²) in [5.74, 6) is 1.05. The lowest BCUT2D eigenvalue weighted by Crippen LogP contribution is -2.47. The van der Waals surface area contributed by atoms with E-state index in [1.54, 1.807) is 30.5 Å². The topological polar surface area (TPSA) is 71.1 Å². The Bertz CT molecular complexity index is 1440. The normalized spacial score (nSPS) is 23.4. The molecule has 2 aromatic heterocycles. The van der Waals surface area contributed by atoms with Crippen LogP contribution in [0.1, 0.15) is 44.5 Å². The maximum atomic E-state index is 13.8. The molecular weight excluding hydrogens is 455 g/mol. The summed E-state index contributed by atoms with van der Waals surface area (Å²) in [5, 5.41) is 1.72. The molecule has 3 atom stereocenters. The molecule has 0 saturated carbocycles. The van der Waals surface area contributed by atoms with E-state index in [-0.39, 0.29) is 23.5 Å². The molecule has 2 bridgehead atoms. The Morgan fingerprint density at radius 1 is 1.09 bits per heavy atom. The lowest BCUT2D eigenvalue weighted by atomic mass is 9.97. The van der Waals surface area contributed by atoms with E-state index in [0.717, 1.165) is 31.2 Å². The van der Waals surface area contributed by atoms with Crippen LogP contribution >= 0.6 is 11.6 Å². The minimum atomic E-state index is -0.298.